The van der Waals surface area contributed by atoms with Crippen molar-refractivity contribution in [1.29, 1.82) is 0 Å². The number of pyridine rings is 1. The molecule has 5 heteroatoms. The van der Waals surface area contributed by atoms with Crippen molar-refractivity contribution in [1.82, 2.24) is 10.3 Å². The number of aromatic nitrogens is 1. The van der Waals surface area contributed by atoms with Gasteiger partial charge in [-0.2, -0.15) is 0 Å². The molecule has 2 aromatic rings. The summed E-state index contributed by atoms with van der Waals surface area (Å²) in [6.45, 7) is 2.52. The molecule has 1 aromatic heterocycles. The number of rotatable bonds is 5. The van der Waals surface area contributed by atoms with Gasteiger partial charge < -0.3 is 10.1 Å². The molecule has 0 saturated heterocycles. The molecule has 3 nitrogen and oxygen atoms in total. The van der Waals surface area contributed by atoms with Gasteiger partial charge in [0.15, 0.2) is 0 Å². The smallest absolute Gasteiger partial charge is 0.141 e. The largest absolute Gasteiger partial charge is 0.497 e. The van der Waals surface area contributed by atoms with E-state index in [9.17, 15) is 8.78 Å². The number of benzene rings is 1. The normalized spacial score (nSPS) is 12.2. The van der Waals surface area contributed by atoms with Crippen LogP contribution in [0.15, 0.2) is 36.7 Å². The Balaban J connectivity index is 2.43. The van der Waals surface area contributed by atoms with Crippen LogP contribution in [0.1, 0.15) is 24.1 Å². The van der Waals surface area contributed by atoms with E-state index >= 15 is 0 Å². The summed E-state index contributed by atoms with van der Waals surface area (Å²) in [4.78, 5) is 3.81. The third-order valence-electron chi connectivity index (χ3n) is 2.99. The monoisotopic (exact) mass is 278 g/mol. The summed E-state index contributed by atoms with van der Waals surface area (Å²) < 4.78 is 32.4. The lowest BCUT2D eigenvalue weighted by Crippen LogP contribution is -2.23. The van der Waals surface area contributed by atoms with E-state index in [1.807, 2.05) is 6.92 Å². The molecule has 0 aliphatic rings. The van der Waals surface area contributed by atoms with E-state index in [0.29, 0.717) is 23.4 Å². The fourth-order valence-corrected chi connectivity index (χ4v) is 2.07. The van der Waals surface area contributed by atoms with Crippen LogP contribution in [0.25, 0.3) is 0 Å². The molecule has 1 unspecified atom stereocenters. The van der Waals surface area contributed by atoms with Crippen molar-refractivity contribution in [2.45, 2.75) is 13.0 Å². The van der Waals surface area contributed by atoms with Crippen LogP contribution in [0.3, 0.4) is 0 Å². The van der Waals surface area contributed by atoms with Gasteiger partial charge in [0.05, 0.1) is 19.3 Å². The second-order valence-corrected chi connectivity index (χ2v) is 4.31. The van der Waals surface area contributed by atoms with Crippen LogP contribution in [0.5, 0.6) is 5.75 Å². The Labute approximate surface area is 116 Å². The van der Waals surface area contributed by atoms with Gasteiger partial charge in [-0.05, 0) is 24.2 Å². The van der Waals surface area contributed by atoms with E-state index in [1.54, 1.807) is 12.1 Å². The molecule has 0 spiro atoms. The van der Waals surface area contributed by atoms with Crippen molar-refractivity contribution < 1.29 is 13.5 Å². The fraction of sp³-hybridized carbons (Fsp3) is 0.267. The first kappa shape index (κ1) is 14.4. The molecule has 0 fully saturated rings. The summed E-state index contributed by atoms with van der Waals surface area (Å²) in [5.74, 6) is -0.405. The molecule has 1 N–H and O–H groups in total. The molecule has 106 valence electrons. The van der Waals surface area contributed by atoms with Gasteiger partial charge in [-0.15, -0.1) is 0 Å². The van der Waals surface area contributed by atoms with Gasteiger partial charge in [-0.3, -0.25) is 4.98 Å². The molecule has 0 aliphatic carbocycles. The molecule has 2 rings (SSSR count). The first-order chi connectivity index (χ1) is 9.65. The lowest BCUT2D eigenvalue weighted by atomic mass is 9.99. The Kier molecular flexibility index (Phi) is 4.63. The Morgan fingerprint density at radius 3 is 2.65 bits per heavy atom. The van der Waals surface area contributed by atoms with Crippen LogP contribution in [0.4, 0.5) is 8.78 Å². The second-order valence-electron chi connectivity index (χ2n) is 4.31. The van der Waals surface area contributed by atoms with E-state index in [0.717, 1.165) is 6.20 Å². The van der Waals surface area contributed by atoms with Gasteiger partial charge in [-0.1, -0.05) is 13.0 Å². The van der Waals surface area contributed by atoms with Crippen LogP contribution in [-0.4, -0.2) is 18.6 Å². The second kappa shape index (κ2) is 6.43. The molecule has 1 aromatic carbocycles. The summed E-state index contributed by atoms with van der Waals surface area (Å²) in [5.41, 5.74) is 1.01. The Hall–Kier alpha value is -2.01. The van der Waals surface area contributed by atoms with Crippen molar-refractivity contribution >= 4 is 0 Å². The lowest BCUT2D eigenvalue weighted by molar-refractivity contribution is 0.410. The number of nitrogens with one attached hydrogen (secondary N) is 1. The topological polar surface area (TPSA) is 34.2 Å². The van der Waals surface area contributed by atoms with Crippen molar-refractivity contribution in [3.05, 3.63) is 59.4 Å². The maximum Gasteiger partial charge on any atom is 0.141 e. The first-order valence-corrected chi connectivity index (χ1v) is 6.33. The number of nitrogens with zero attached hydrogens (tertiary/aromatic N) is 1. The van der Waals surface area contributed by atoms with Crippen LogP contribution >= 0.6 is 0 Å². The summed E-state index contributed by atoms with van der Waals surface area (Å²) in [6, 6.07) is 5.52. The van der Waals surface area contributed by atoms with E-state index in [-0.39, 0.29) is 0 Å². The van der Waals surface area contributed by atoms with Crippen LogP contribution < -0.4 is 10.1 Å². The summed E-state index contributed by atoms with van der Waals surface area (Å²) in [5, 5.41) is 3.13. The highest BCUT2D eigenvalue weighted by Crippen LogP contribution is 2.27. The van der Waals surface area contributed by atoms with Gasteiger partial charge in [0.1, 0.15) is 17.4 Å². The predicted octanol–water partition coefficient (Wildman–Crippen LogP) is 3.07. The lowest BCUT2D eigenvalue weighted by Gasteiger charge is -2.19. The van der Waals surface area contributed by atoms with Crippen molar-refractivity contribution in [2.24, 2.45) is 0 Å². The summed E-state index contributed by atoms with van der Waals surface area (Å²) >= 11 is 0. The van der Waals surface area contributed by atoms with Crippen molar-refractivity contribution in [2.75, 3.05) is 13.7 Å². The van der Waals surface area contributed by atoms with Crippen LogP contribution in [0, 0.1) is 11.6 Å². The molecule has 20 heavy (non-hydrogen) atoms. The van der Waals surface area contributed by atoms with E-state index < -0.39 is 17.7 Å². The molecular formula is C15H16F2N2O. The number of ether oxygens (including phenoxy) is 1. The highest BCUT2D eigenvalue weighted by Gasteiger charge is 2.18. The molecule has 1 heterocycles. The number of hydrogen-bond acceptors (Lipinski definition) is 3. The minimum Gasteiger partial charge on any atom is -0.497 e. The standard InChI is InChI=1S/C15H16F2N2O/c1-3-19-15(10-6-11(16)9-18-8-10)13-5-4-12(20-2)7-14(13)17/h4-9,15,19H,3H2,1-2H3. The quantitative estimate of drug-likeness (QED) is 0.912. The summed E-state index contributed by atoms with van der Waals surface area (Å²) in [6.07, 6.45) is 2.65. The van der Waals surface area contributed by atoms with Gasteiger partial charge in [-0.25, -0.2) is 8.78 Å². The highest BCUT2D eigenvalue weighted by molar-refractivity contribution is 5.36. The van der Waals surface area contributed by atoms with Crippen LogP contribution in [0.2, 0.25) is 0 Å². The average molecular weight is 278 g/mol. The maximum atomic E-state index is 14.2. The summed E-state index contributed by atoms with van der Waals surface area (Å²) in [7, 11) is 1.48. The third kappa shape index (κ3) is 3.11. The highest BCUT2D eigenvalue weighted by atomic mass is 19.1. The average Bonchev–Trinajstić information content (AvgIpc) is 2.45. The van der Waals surface area contributed by atoms with Gasteiger partial charge in [0.25, 0.3) is 0 Å². The molecule has 0 bridgehead atoms. The fourth-order valence-electron chi connectivity index (χ4n) is 2.07. The molecule has 0 amide bonds. The molecule has 0 saturated carbocycles. The van der Waals surface area contributed by atoms with E-state index in [4.69, 9.17) is 4.74 Å². The van der Waals surface area contributed by atoms with Crippen molar-refractivity contribution in [3.8, 4) is 5.75 Å². The minimum absolute atomic E-state index is 0.403. The van der Waals surface area contributed by atoms with Gasteiger partial charge >= 0.3 is 0 Å². The van der Waals surface area contributed by atoms with E-state index in [1.165, 1.54) is 25.4 Å². The third-order valence-corrected chi connectivity index (χ3v) is 2.99. The Morgan fingerprint density at radius 1 is 1.25 bits per heavy atom. The Bertz CT molecular complexity index is 590. The zero-order chi connectivity index (χ0) is 14.5. The first-order valence-electron chi connectivity index (χ1n) is 6.33. The SMILES string of the molecule is CCNC(c1cncc(F)c1)c1ccc(OC)cc1F. The minimum atomic E-state index is -0.450. The predicted molar refractivity (Wildman–Crippen MR) is 72.7 cm³/mol. The number of halogens is 2. The molecule has 0 aliphatic heterocycles. The molecule has 0 radical (unpaired) electrons. The number of methoxy groups -OCH3 is 1. The Morgan fingerprint density at radius 2 is 2.05 bits per heavy atom. The number of hydrogen-bond donors (Lipinski definition) is 1. The molecular weight excluding hydrogens is 262 g/mol. The zero-order valence-electron chi connectivity index (χ0n) is 11.4. The van der Waals surface area contributed by atoms with Gasteiger partial charge in [0, 0.05) is 17.8 Å². The zero-order valence-corrected chi connectivity index (χ0v) is 11.4. The van der Waals surface area contributed by atoms with E-state index in [2.05, 4.69) is 10.3 Å². The van der Waals surface area contributed by atoms with Crippen molar-refractivity contribution in [3.63, 3.8) is 0 Å². The maximum absolute atomic E-state index is 14.2. The molecule has 1 atom stereocenters. The van der Waals surface area contributed by atoms with Crippen LogP contribution in [-0.2, 0) is 0 Å². The van der Waals surface area contributed by atoms with Gasteiger partial charge in [0.2, 0.25) is 0 Å².